The standard InChI is InChI=1S/C14H25FN2O3/c1-8(2)11-6-10(15)7-17(11)13(18)12(9(3)4)16-14(19)20-5/h8-12H,6-7H2,1-5H3,(H,16,19)/t10-,11-,12?/m0/s1. The van der Waals surface area contributed by atoms with Gasteiger partial charge in [0, 0.05) is 12.5 Å². The molecule has 6 heteroatoms. The molecule has 1 saturated heterocycles. The van der Waals surface area contributed by atoms with E-state index in [9.17, 15) is 14.0 Å². The summed E-state index contributed by atoms with van der Waals surface area (Å²) in [5.74, 6) is -0.136. The molecule has 0 aliphatic carbocycles. The molecule has 1 aliphatic rings. The number of amides is 2. The summed E-state index contributed by atoms with van der Waals surface area (Å²) in [6, 6.07) is -0.799. The van der Waals surface area contributed by atoms with Crippen molar-refractivity contribution >= 4 is 12.0 Å². The lowest BCUT2D eigenvalue weighted by molar-refractivity contribution is -0.136. The molecule has 116 valence electrons. The predicted molar refractivity (Wildman–Crippen MR) is 74.0 cm³/mol. The van der Waals surface area contributed by atoms with E-state index in [2.05, 4.69) is 10.1 Å². The van der Waals surface area contributed by atoms with Gasteiger partial charge in [0.25, 0.3) is 0 Å². The first-order valence-corrected chi connectivity index (χ1v) is 7.07. The highest BCUT2D eigenvalue weighted by Gasteiger charge is 2.40. The Hall–Kier alpha value is -1.33. The lowest BCUT2D eigenvalue weighted by Gasteiger charge is -2.32. The van der Waals surface area contributed by atoms with E-state index in [-0.39, 0.29) is 30.3 Å². The second kappa shape index (κ2) is 6.90. The quantitative estimate of drug-likeness (QED) is 0.860. The van der Waals surface area contributed by atoms with Crippen molar-refractivity contribution in [1.29, 1.82) is 0 Å². The van der Waals surface area contributed by atoms with Crippen molar-refractivity contribution in [2.45, 2.75) is 52.4 Å². The van der Waals surface area contributed by atoms with E-state index in [1.165, 1.54) is 7.11 Å². The Kier molecular flexibility index (Phi) is 5.77. The van der Waals surface area contributed by atoms with Crippen LogP contribution in [0.2, 0.25) is 0 Å². The number of hydrogen-bond donors (Lipinski definition) is 1. The van der Waals surface area contributed by atoms with Crippen molar-refractivity contribution in [1.82, 2.24) is 10.2 Å². The highest BCUT2D eigenvalue weighted by Crippen LogP contribution is 2.27. The fourth-order valence-electron chi connectivity index (χ4n) is 2.58. The summed E-state index contributed by atoms with van der Waals surface area (Å²) < 4.78 is 18.2. The molecular formula is C14H25FN2O3. The van der Waals surface area contributed by atoms with Crippen molar-refractivity contribution in [2.75, 3.05) is 13.7 Å². The van der Waals surface area contributed by atoms with Crippen molar-refractivity contribution in [3.63, 3.8) is 0 Å². The van der Waals surface area contributed by atoms with Gasteiger partial charge in [0.1, 0.15) is 12.2 Å². The Morgan fingerprint density at radius 2 is 1.90 bits per heavy atom. The average Bonchev–Trinajstić information content (AvgIpc) is 2.76. The molecule has 0 bridgehead atoms. The maximum Gasteiger partial charge on any atom is 0.407 e. The number of rotatable bonds is 4. The average molecular weight is 288 g/mol. The zero-order valence-electron chi connectivity index (χ0n) is 12.9. The van der Waals surface area contributed by atoms with E-state index in [0.29, 0.717) is 6.42 Å². The Morgan fingerprint density at radius 3 is 2.35 bits per heavy atom. The van der Waals surface area contributed by atoms with Gasteiger partial charge in [-0.05, 0) is 11.8 Å². The predicted octanol–water partition coefficient (Wildman–Crippen LogP) is 1.96. The molecular weight excluding hydrogens is 263 g/mol. The smallest absolute Gasteiger partial charge is 0.407 e. The van der Waals surface area contributed by atoms with Crippen LogP contribution in [0.4, 0.5) is 9.18 Å². The second-order valence-corrected chi connectivity index (χ2v) is 5.99. The van der Waals surface area contributed by atoms with Gasteiger partial charge in [-0.2, -0.15) is 0 Å². The number of nitrogens with zero attached hydrogens (tertiary/aromatic N) is 1. The topological polar surface area (TPSA) is 58.6 Å². The van der Waals surface area contributed by atoms with Gasteiger partial charge in [-0.3, -0.25) is 4.79 Å². The lowest BCUT2D eigenvalue weighted by Crippen LogP contribution is -2.53. The summed E-state index contributed by atoms with van der Waals surface area (Å²) in [5.41, 5.74) is 0. The fraction of sp³-hybridized carbons (Fsp3) is 0.857. The number of nitrogens with one attached hydrogen (secondary N) is 1. The summed E-state index contributed by atoms with van der Waals surface area (Å²) in [7, 11) is 1.25. The molecule has 1 aliphatic heterocycles. The molecule has 1 N–H and O–H groups in total. The molecule has 1 rings (SSSR count). The molecule has 20 heavy (non-hydrogen) atoms. The van der Waals surface area contributed by atoms with Crippen LogP contribution in [0.5, 0.6) is 0 Å². The number of carbonyl (C=O) groups excluding carboxylic acids is 2. The second-order valence-electron chi connectivity index (χ2n) is 5.99. The van der Waals surface area contributed by atoms with Crippen LogP contribution in [0, 0.1) is 11.8 Å². The highest BCUT2D eigenvalue weighted by molar-refractivity contribution is 5.86. The number of likely N-dealkylation sites (tertiary alicyclic amines) is 1. The molecule has 0 aromatic heterocycles. The van der Waals surface area contributed by atoms with Crippen LogP contribution in [0.1, 0.15) is 34.1 Å². The van der Waals surface area contributed by atoms with Gasteiger partial charge in [0.05, 0.1) is 13.7 Å². The molecule has 0 aromatic rings. The third kappa shape index (κ3) is 3.84. The monoisotopic (exact) mass is 288 g/mol. The first kappa shape index (κ1) is 16.7. The molecule has 0 spiro atoms. The van der Waals surface area contributed by atoms with E-state index >= 15 is 0 Å². The minimum Gasteiger partial charge on any atom is -0.453 e. The van der Waals surface area contributed by atoms with Crippen LogP contribution in [-0.2, 0) is 9.53 Å². The Bertz CT molecular complexity index is 360. The van der Waals surface area contributed by atoms with Crippen LogP contribution < -0.4 is 5.32 Å². The molecule has 2 amide bonds. The molecule has 1 unspecified atom stereocenters. The number of carbonyl (C=O) groups is 2. The first-order chi connectivity index (χ1) is 9.27. The number of hydrogen-bond acceptors (Lipinski definition) is 3. The molecule has 0 aromatic carbocycles. The Labute approximate surface area is 119 Å². The highest BCUT2D eigenvalue weighted by atomic mass is 19.1. The van der Waals surface area contributed by atoms with Gasteiger partial charge in [0.15, 0.2) is 0 Å². The number of alkyl halides is 1. The number of methoxy groups -OCH3 is 1. The molecule has 0 radical (unpaired) electrons. The third-order valence-electron chi connectivity index (χ3n) is 3.74. The Balaban J connectivity index is 2.85. The van der Waals surface area contributed by atoms with Crippen LogP contribution in [0.25, 0.3) is 0 Å². The summed E-state index contributed by atoms with van der Waals surface area (Å²) in [6.45, 7) is 7.73. The van der Waals surface area contributed by atoms with Crippen molar-refractivity contribution < 1.29 is 18.7 Å². The van der Waals surface area contributed by atoms with Crippen molar-refractivity contribution in [2.24, 2.45) is 11.8 Å². The largest absolute Gasteiger partial charge is 0.453 e. The summed E-state index contributed by atoms with van der Waals surface area (Å²) >= 11 is 0. The number of alkyl carbamates (subject to hydrolysis) is 1. The van der Waals surface area contributed by atoms with Gasteiger partial charge in [-0.1, -0.05) is 27.7 Å². The number of ether oxygens (including phenoxy) is 1. The number of halogens is 1. The molecule has 5 nitrogen and oxygen atoms in total. The van der Waals surface area contributed by atoms with Gasteiger partial charge in [-0.25, -0.2) is 9.18 Å². The zero-order chi connectivity index (χ0) is 15.4. The first-order valence-electron chi connectivity index (χ1n) is 7.07. The maximum absolute atomic E-state index is 13.6. The van der Waals surface area contributed by atoms with Gasteiger partial charge in [0.2, 0.25) is 5.91 Å². The SMILES string of the molecule is COC(=O)NC(C(=O)N1C[C@@H](F)C[C@H]1C(C)C)C(C)C. The fourth-order valence-corrected chi connectivity index (χ4v) is 2.58. The van der Waals surface area contributed by atoms with Gasteiger partial charge < -0.3 is 15.0 Å². The summed E-state index contributed by atoms with van der Waals surface area (Å²) in [4.78, 5) is 25.5. The molecule has 1 heterocycles. The van der Waals surface area contributed by atoms with Crippen molar-refractivity contribution in [3.05, 3.63) is 0 Å². The Morgan fingerprint density at radius 1 is 1.30 bits per heavy atom. The van der Waals surface area contributed by atoms with Crippen LogP contribution in [-0.4, -0.2) is 48.8 Å². The van der Waals surface area contributed by atoms with E-state index in [4.69, 9.17) is 0 Å². The third-order valence-corrected chi connectivity index (χ3v) is 3.74. The van der Waals surface area contributed by atoms with Crippen LogP contribution >= 0.6 is 0 Å². The van der Waals surface area contributed by atoms with E-state index in [1.54, 1.807) is 4.90 Å². The van der Waals surface area contributed by atoms with E-state index in [1.807, 2.05) is 27.7 Å². The summed E-state index contributed by atoms with van der Waals surface area (Å²) in [5, 5.41) is 2.54. The molecule has 1 fully saturated rings. The lowest BCUT2D eigenvalue weighted by atomic mass is 9.98. The van der Waals surface area contributed by atoms with Gasteiger partial charge in [-0.15, -0.1) is 0 Å². The maximum atomic E-state index is 13.6. The zero-order valence-corrected chi connectivity index (χ0v) is 12.9. The minimum atomic E-state index is -0.989. The molecule has 0 saturated carbocycles. The van der Waals surface area contributed by atoms with E-state index in [0.717, 1.165) is 0 Å². The minimum absolute atomic E-state index is 0.0897. The van der Waals surface area contributed by atoms with Crippen LogP contribution in [0.3, 0.4) is 0 Å². The van der Waals surface area contributed by atoms with Crippen molar-refractivity contribution in [3.8, 4) is 0 Å². The summed E-state index contributed by atoms with van der Waals surface area (Å²) in [6.07, 6.45) is -1.27. The van der Waals surface area contributed by atoms with Crippen LogP contribution in [0.15, 0.2) is 0 Å². The molecule has 3 atom stereocenters. The normalized spacial score (nSPS) is 24.1. The van der Waals surface area contributed by atoms with E-state index < -0.39 is 18.3 Å². The van der Waals surface area contributed by atoms with Gasteiger partial charge >= 0.3 is 6.09 Å².